The Balaban J connectivity index is 1.38. The van der Waals surface area contributed by atoms with E-state index in [1.165, 1.54) is 17.0 Å². The quantitative estimate of drug-likeness (QED) is 0.691. The zero-order valence-corrected chi connectivity index (χ0v) is 16.2. The van der Waals surface area contributed by atoms with Crippen molar-refractivity contribution in [2.45, 2.75) is 19.5 Å². The van der Waals surface area contributed by atoms with Crippen molar-refractivity contribution in [1.82, 2.24) is 20.0 Å². The van der Waals surface area contributed by atoms with Crippen molar-refractivity contribution < 1.29 is 18.3 Å². The van der Waals surface area contributed by atoms with Crippen molar-refractivity contribution in [1.29, 1.82) is 0 Å². The third kappa shape index (κ3) is 4.55. The standard InChI is InChI=1S/C21H23FN4O3/c1-15(17-11-23-26(12-17)20-5-3-2-4-19(20)22)24-21(27)16-10-18(29-14-16)13-25-6-8-28-9-7-25/h2-5,10-12,14-15H,6-9,13H2,1H3,(H,24,27). The van der Waals surface area contributed by atoms with Crippen LogP contribution in [0.3, 0.4) is 0 Å². The third-order valence-electron chi connectivity index (χ3n) is 4.95. The molecule has 0 bridgehead atoms. The van der Waals surface area contributed by atoms with Crippen LogP contribution in [0, 0.1) is 5.82 Å². The SMILES string of the molecule is CC(NC(=O)c1coc(CN2CCOCC2)c1)c1cnn(-c2ccccc2F)c1. The highest BCUT2D eigenvalue weighted by Gasteiger charge is 2.18. The molecule has 1 aliphatic heterocycles. The smallest absolute Gasteiger partial charge is 0.255 e. The maximum Gasteiger partial charge on any atom is 0.255 e. The first-order valence-corrected chi connectivity index (χ1v) is 9.58. The molecule has 1 unspecified atom stereocenters. The molecule has 1 amide bonds. The molecule has 3 heterocycles. The van der Waals surface area contributed by atoms with Crippen LogP contribution in [0.4, 0.5) is 4.39 Å². The van der Waals surface area contributed by atoms with E-state index in [1.807, 2.05) is 6.92 Å². The predicted octanol–water partition coefficient (Wildman–Crippen LogP) is 2.93. The Kier molecular flexibility index (Phi) is 5.73. The molecule has 1 atom stereocenters. The molecule has 1 aromatic carbocycles. The van der Waals surface area contributed by atoms with Crippen LogP contribution in [0.25, 0.3) is 5.69 Å². The maximum absolute atomic E-state index is 13.9. The minimum Gasteiger partial charge on any atom is -0.467 e. The van der Waals surface area contributed by atoms with E-state index in [0.717, 1.165) is 24.4 Å². The number of ether oxygens (including phenoxy) is 1. The lowest BCUT2D eigenvalue weighted by Crippen LogP contribution is -2.35. The van der Waals surface area contributed by atoms with Crippen LogP contribution >= 0.6 is 0 Å². The Morgan fingerprint density at radius 2 is 2.10 bits per heavy atom. The molecule has 0 spiro atoms. The van der Waals surface area contributed by atoms with Crippen molar-refractivity contribution in [2.24, 2.45) is 0 Å². The number of amides is 1. The predicted molar refractivity (Wildman–Crippen MR) is 104 cm³/mol. The first-order chi connectivity index (χ1) is 14.1. The first kappa shape index (κ1) is 19.4. The number of hydrogen-bond donors (Lipinski definition) is 1. The Labute approximate surface area is 168 Å². The molecule has 1 fully saturated rings. The molecule has 152 valence electrons. The Hall–Kier alpha value is -2.97. The van der Waals surface area contributed by atoms with Gasteiger partial charge in [-0.2, -0.15) is 5.10 Å². The van der Waals surface area contributed by atoms with Crippen molar-refractivity contribution in [3.63, 3.8) is 0 Å². The Morgan fingerprint density at radius 3 is 2.90 bits per heavy atom. The third-order valence-corrected chi connectivity index (χ3v) is 4.95. The number of hydrogen-bond acceptors (Lipinski definition) is 5. The van der Waals surface area contributed by atoms with Crippen molar-refractivity contribution in [3.05, 3.63) is 71.7 Å². The van der Waals surface area contributed by atoms with Crippen LogP contribution in [-0.2, 0) is 11.3 Å². The van der Waals surface area contributed by atoms with Crippen molar-refractivity contribution in [3.8, 4) is 5.69 Å². The summed E-state index contributed by atoms with van der Waals surface area (Å²) in [6.07, 6.45) is 4.81. The molecule has 1 aliphatic rings. The van der Waals surface area contributed by atoms with E-state index < -0.39 is 0 Å². The molecule has 1 saturated heterocycles. The number of aromatic nitrogens is 2. The summed E-state index contributed by atoms with van der Waals surface area (Å²) in [5.41, 5.74) is 1.61. The minimum absolute atomic E-state index is 0.229. The summed E-state index contributed by atoms with van der Waals surface area (Å²) < 4.78 is 26.3. The van der Waals surface area contributed by atoms with Gasteiger partial charge in [0.15, 0.2) is 0 Å². The number of furan rings is 1. The Morgan fingerprint density at radius 1 is 1.31 bits per heavy atom. The van der Waals surface area contributed by atoms with Crippen LogP contribution in [0.15, 0.2) is 53.4 Å². The number of carbonyl (C=O) groups excluding carboxylic acids is 1. The van der Waals surface area contributed by atoms with Gasteiger partial charge < -0.3 is 14.5 Å². The summed E-state index contributed by atoms with van der Waals surface area (Å²) >= 11 is 0. The number of benzene rings is 1. The summed E-state index contributed by atoms with van der Waals surface area (Å²) in [4.78, 5) is 14.8. The fraction of sp³-hybridized carbons (Fsp3) is 0.333. The molecule has 0 radical (unpaired) electrons. The van der Waals surface area contributed by atoms with Gasteiger partial charge >= 0.3 is 0 Å². The lowest BCUT2D eigenvalue weighted by atomic mass is 10.1. The fourth-order valence-electron chi connectivity index (χ4n) is 3.26. The number of para-hydroxylation sites is 1. The topological polar surface area (TPSA) is 72.5 Å². The van der Waals surface area contributed by atoms with Gasteiger partial charge in [-0.3, -0.25) is 9.69 Å². The number of morpholine rings is 1. The van der Waals surface area contributed by atoms with Gasteiger partial charge in [-0.15, -0.1) is 0 Å². The van der Waals surface area contributed by atoms with Gasteiger partial charge in [0.05, 0.1) is 37.6 Å². The molecule has 7 nitrogen and oxygen atoms in total. The first-order valence-electron chi connectivity index (χ1n) is 9.58. The van der Waals surface area contributed by atoms with Gasteiger partial charge in [-0.05, 0) is 25.1 Å². The summed E-state index contributed by atoms with van der Waals surface area (Å²) in [7, 11) is 0. The summed E-state index contributed by atoms with van der Waals surface area (Å²) in [5, 5.41) is 7.14. The zero-order chi connectivity index (χ0) is 20.2. The molecule has 8 heteroatoms. The average Bonchev–Trinajstić information content (AvgIpc) is 3.39. The largest absolute Gasteiger partial charge is 0.467 e. The van der Waals surface area contributed by atoms with Gasteiger partial charge in [-0.1, -0.05) is 12.1 Å². The van der Waals surface area contributed by atoms with Crippen molar-refractivity contribution >= 4 is 5.91 Å². The second-order valence-electron chi connectivity index (χ2n) is 7.06. The molecule has 29 heavy (non-hydrogen) atoms. The average molecular weight is 398 g/mol. The highest BCUT2D eigenvalue weighted by molar-refractivity contribution is 5.94. The molecule has 3 aromatic rings. The monoisotopic (exact) mass is 398 g/mol. The second-order valence-corrected chi connectivity index (χ2v) is 7.06. The van der Waals surface area contributed by atoms with E-state index >= 15 is 0 Å². The van der Waals surface area contributed by atoms with E-state index in [2.05, 4.69) is 15.3 Å². The molecule has 4 rings (SSSR count). The van der Waals surface area contributed by atoms with Crippen LogP contribution in [-0.4, -0.2) is 46.9 Å². The number of carbonyl (C=O) groups is 1. The lowest BCUT2D eigenvalue weighted by molar-refractivity contribution is 0.0313. The summed E-state index contributed by atoms with van der Waals surface area (Å²) in [5.74, 6) is 0.162. The van der Waals surface area contributed by atoms with E-state index in [1.54, 1.807) is 36.7 Å². The molecule has 1 N–H and O–H groups in total. The van der Waals surface area contributed by atoms with Gasteiger partial charge in [0.25, 0.3) is 5.91 Å². The van der Waals surface area contributed by atoms with Gasteiger partial charge in [0, 0.05) is 24.8 Å². The van der Waals surface area contributed by atoms with Crippen LogP contribution in [0.2, 0.25) is 0 Å². The zero-order valence-electron chi connectivity index (χ0n) is 16.2. The minimum atomic E-state index is -0.356. The highest BCUT2D eigenvalue weighted by Crippen LogP contribution is 2.18. The maximum atomic E-state index is 13.9. The van der Waals surface area contributed by atoms with Gasteiger partial charge in [0.1, 0.15) is 23.5 Å². The number of halogens is 1. The number of nitrogens with zero attached hydrogens (tertiary/aromatic N) is 3. The normalized spacial score (nSPS) is 15.9. The molecule has 2 aromatic heterocycles. The van der Waals surface area contributed by atoms with E-state index in [0.29, 0.717) is 31.0 Å². The van der Waals surface area contributed by atoms with Crippen LogP contribution in [0.5, 0.6) is 0 Å². The second kappa shape index (κ2) is 8.59. The van der Waals surface area contributed by atoms with Gasteiger partial charge in [0.2, 0.25) is 0 Å². The molecular formula is C21H23FN4O3. The van der Waals surface area contributed by atoms with Crippen molar-refractivity contribution in [2.75, 3.05) is 26.3 Å². The lowest BCUT2D eigenvalue weighted by Gasteiger charge is -2.25. The van der Waals surface area contributed by atoms with E-state index in [9.17, 15) is 9.18 Å². The summed E-state index contributed by atoms with van der Waals surface area (Å²) in [6.45, 7) is 5.64. The molecule has 0 aliphatic carbocycles. The highest BCUT2D eigenvalue weighted by atomic mass is 19.1. The van der Waals surface area contributed by atoms with Crippen LogP contribution < -0.4 is 5.32 Å². The van der Waals surface area contributed by atoms with E-state index in [4.69, 9.17) is 9.15 Å². The Bertz CT molecular complexity index is 978. The summed E-state index contributed by atoms with van der Waals surface area (Å²) in [6, 6.07) is 7.88. The van der Waals surface area contributed by atoms with E-state index in [-0.39, 0.29) is 17.8 Å². The van der Waals surface area contributed by atoms with Gasteiger partial charge in [-0.25, -0.2) is 9.07 Å². The fourth-order valence-corrected chi connectivity index (χ4v) is 3.26. The molecular weight excluding hydrogens is 375 g/mol. The number of nitrogens with one attached hydrogen (secondary N) is 1. The number of rotatable bonds is 6. The van der Waals surface area contributed by atoms with Crippen LogP contribution in [0.1, 0.15) is 34.6 Å². The molecule has 0 saturated carbocycles.